The number of anilines is 1. The Bertz CT molecular complexity index is 784. The number of aromatic nitrogens is 1. The summed E-state index contributed by atoms with van der Waals surface area (Å²) in [6, 6.07) is 4.38. The highest BCUT2D eigenvalue weighted by molar-refractivity contribution is 5.96. The van der Waals surface area contributed by atoms with Crippen molar-refractivity contribution < 1.29 is 23.1 Å². The molecule has 0 spiro atoms. The molecule has 0 aliphatic rings. The Kier molecular flexibility index (Phi) is 5.33. The van der Waals surface area contributed by atoms with Crippen molar-refractivity contribution in [3.8, 4) is 0 Å². The molecule has 128 valence electrons. The van der Waals surface area contributed by atoms with E-state index in [4.69, 9.17) is 4.74 Å². The lowest BCUT2D eigenvalue weighted by Gasteiger charge is -2.08. The number of carbonyl (C=O) groups is 2. The smallest absolute Gasteiger partial charge is 0.340 e. The fourth-order valence-electron chi connectivity index (χ4n) is 2.48. The van der Waals surface area contributed by atoms with Gasteiger partial charge >= 0.3 is 5.97 Å². The van der Waals surface area contributed by atoms with Crippen LogP contribution in [0.15, 0.2) is 24.3 Å². The Morgan fingerprint density at radius 1 is 1.21 bits per heavy atom. The number of esters is 1. The van der Waals surface area contributed by atoms with Crippen LogP contribution in [-0.4, -0.2) is 23.1 Å². The minimum atomic E-state index is -0.775. The maximum absolute atomic E-state index is 13.4. The Morgan fingerprint density at radius 2 is 1.92 bits per heavy atom. The second-order valence-electron chi connectivity index (χ2n) is 5.28. The summed E-state index contributed by atoms with van der Waals surface area (Å²) in [4.78, 5) is 23.8. The molecule has 7 heteroatoms. The summed E-state index contributed by atoms with van der Waals surface area (Å²) in [7, 11) is 0. The number of hydrogen-bond acceptors (Lipinski definition) is 3. The normalized spacial score (nSPS) is 10.5. The SMILES string of the molecule is CCn1c(C)cc(C(=O)OCC(=O)Nc2cc(F)ccc2F)c1C. The van der Waals surface area contributed by atoms with Gasteiger partial charge < -0.3 is 14.6 Å². The maximum atomic E-state index is 13.4. The quantitative estimate of drug-likeness (QED) is 0.853. The first-order valence-corrected chi connectivity index (χ1v) is 7.42. The van der Waals surface area contributed by atoms with Gasteiger partial charge in [0.05, 0.1) is 11.3 Å². The van der Waals surface area contributed by atoms with E-state index in [0.717, 1.165) is 29.6 Å². The van der Waals surface area contributed by atoms with Crippen LogP contribution < -0.4 is 5.32 Å². The summed E-state index contributed by atoms with van der Waals surface area (Å²) in [6.45, 7) is 5.73. The topological polar surface area (TPSA) is 60.3 Å². The molecule has 0 atom stereocenters. The molecule has 0 saturated heterocycles. The molecule has 0 fully saturated rings. The van der Waals surface area contributed by atoms with Crippen molar-refractivity contribution in [3.05, 3.63) is 52.9 Å². The van der Waals surface area contributed by atoms with E-state index in [0.29, 0.717) is 12.1 Å². The lowest BCUT2D eigenvalue weighted by atomic mass is 10.2. The van der Waals surface area contributed by atoms with Gasteiger partial charge in [-0.05, 0) is 39.0 Å². The largest absolute Gasteiger partial charge is 0.452 e. The fourth-order valence-corrected chi connectivity index (χ4v) is 2.48. The van der Waals surface area contributed by atoms with Crippen LogP contribution in [0.25, 0.3) is 0 Å². The predicted molar refractivity (Wildman–Crippen MR) is 84.9 cm³/mol. The van der Waals surface area contributed by atoms with E-state index in [1.54, 1.807) is 13.0 Å². The summed E-state index contributed by atoms with van der Waals surface area (Å²) in [6.07, 6.45) is 0. The van der Waals surface area contributed by atoms with Crippen LogP contribution in [0.5, 0.6) is 0 Å². The minimum absolute atomic E-state index is 0.305. The van der Waals surface area contributed by atoms with Crippen molar-refractivity contribution in [3.63, 3.8) is 0 Å². The monoisotopic (exact) mass is 336 g/mol. The van der Waals surface area contributed by atoms with Crippen molar-refractivity contribution in [2.45, 2.75) is 27.3 Å². The lowest BCUT2D eigenvalue weighted by molar-refractivity contribution is -0.119. The zero-order valence-corrected chi connectivity index (χ0v) is 13.7. The van der Waals surface area contributed by atoms with E-state index < -0.39 is 30.1 Å². The van der Waals surface area contributed by atoms with Crippen LogP contribution >= 0.6 is 0 Å². The van der Waals surface area contributed by atoms with E-state index in [2.05, 4.69) is 5.32 Å². The summed E-state index contributed by atoms with van der Waals surface area (Å²) in [5, 5.41) is 2.16. The van der Waals surface area contributed by atoms with Crippen molar-refractivity contribution >= 4 is 17.6 Å². The van der Waals surface area contributed by atoms with Gasteiger partial charge in [0, 0.05) is 24.0 Å². The molecule has 1 aromatic carbocycles. The Balaban J connectivity index is 1.99. The van der Waals surface area contributed by atoms with Crippen LogP contribution in [0.3, 0.4) is 0 Å². The second kappa shape index (κ2) is 7.25. The van der Waals surface area contributed by atoms with E-state index >= 15 is 0 Å². The molecule has 1 amide bonds. The number of nitrogens with zero attached hydrogens (tertiary/aromatic N) is 1. The van der Waals surface area contributed by atoms with Gasteiger partial charge in [-0.1, -0.05) is 0 Å². The number of rotatable bonds is 5. The van der Waals surface area contributed by atoms with E-state index in [1.165, 1.54) is 0 Å². The Morgan fingerprint density at radius 3 is 2.54 bits per heavy atom. The maximum Gasteiger partial charge on any atom is 0.340 e. The molecule has 0 saturated carbocycles. The fraction of sp³-hybridized carbons (Fsp3) is 0.294. The number of ether oxygens (including phenoxy) is 1. The van der Waals surface area contributed by atoms with Gasteiger partial charge in [-0.3, -0.25) is 4.79 Å². The summed E-state index contributed by atoms with van der Waals surface area (Å²) in [5.41, 5.74) is 1.73. The molecule has 24 heavy (non-hydrogen) atoms. The van der Waals surface area contributed by atoms with Crippen LogP contribution in [0.4, 0.5) is 14.5 Å². The third-order valence-corrected chi connectivity index (χ3v) is 3.65. The van der Waals surface area contributed by atoms with Crippen molar-refractivity contribution in [1.29, 1.82) is 0 Å². The van der Waals surface area contributed by atoms with Gasteiger partial charge in [-0.25, -0.2) is 13.6 Å². The van der Waals surface area contributed by atoms with Crippen LogP contribution in [-0.2, 0) is 16.1 Å². The van der Waals surface area contributed by atoms with E-state index in [9.17, 15) is 18.4 Å². The summed E-state index contributed by atoms with van der Waals surface area (Å²) < 4.78 is 33.4. The summed E-state index contributed by atoms with van der Waals surface area (Å²) in [5.74, 6) is -2.85. The molecule has 5 nitrogen and oxygen atoms in total. The van der Waals surface area contributed by atoms with Crippen LogP contribution in [0, 0.1) is 25.5 Å². The Hall–Kier alpha value is -2.70. The first-order valence-electron chi connectivity index (χ1n) is 7.42. The van der Waals surface area contributed by atoms with Crippen LogP contribution in [0.2, 0.25) is 0 Å². The third kappa shape index (κ3) is 3.79. The third-order valence-electron chi connectivity index (χ3n) is 3.65. The number of benzene rings is 1. The lowest BCUT2D eigenvalue weighted by Crippen LogP contribution is -2.21. The standard InChI is InChI=1S/C17H18F2N2O3/c1-4-21-10(2)7-13(11(21)3)17(23)24-9-16(22)20-15-8-12(18)5-6-14(15)19/h5-8H,4,9H2,1-3H3,(H,20,22). The first kappa shape index (κ1) is 17.7. The van der Waals surface area contributed by atoms with Gasteiger partial charge in [0.2, 0.25) is 0 Å². The number of halogens is 2. The molecular weight excluding hydrogens is 318 g/mol. The molecule has 0 aliphatic carbocycles. The second-order valence-corrected chi connectivity index (χ2v) is 5.28. The average Bonchev–Trinajstić information content (AvgIpc) is 2.82. The Labute approximate surface area is 138 Å². The molecule has 1 N–H and O–H groups in total. The minimum Gasteiger partial charge on any atom is -0.452 e. The highest BCUT2D eigenvalue weighted by Crippen LogP contribution is 2.17. The van der Waals surface area contributed by atoms with Gasteiger partial charge in [0.1, 0.15) is 11.6 Å². The summed E-state index contributed by atoms with van der Waals surface area (Å²) >= 11 is 0. The van der Waals surface area contributed by atoms with Gasteiger partial charge in [0.25, 0.3) is 5.91 Å². The highest BCUT2D eigenvalue weighted by Gasteiger charge is 2.18. The zero-order chi connectivity index (χ0) is 17.9. The first-order chi connectivity index (χ1) is 11.3. The molecule has 0 aliphatic heterocycles. The number of hydrogen-bond donors (Lipinski definition) is 1. The molecule has 1 heterocycles. The van der Waals surface area contributed by atoms with Crippen molar-refractivity contribution in [2.75, 3.05) is 11.9 Å². The number of carbonyl (C=O) groups excluding carboxylic acids is 2. The molecule has 1 aromatic heterocycles. The van der Waals surface area contributed by atoms with Gasteiger partial charge in [-0.2, -0.15) is 0 Å². The number of amides is 1. The molecular formula is C17H18F2N2O3. The van der Waals surface area contributed by atoms with Gasteiger partial charge in [0.15, 0.2) is 6.61 Å². The van der Waals surface area contributed by atoms with E-state index in [-0.39, 0.29) is 5.69 Å². The van der Waals surface area contributed by atoms with Crippen LogP contribution in [0.1, 0.15) is 28.7 Å². The molecule has 2 aromatic rings. The predicted octanol–water partition coefficient (Wildman–Crippen LogP) is 3.20. The van der Waals surface area contributed by atoms with Gasteiger partial charge in [-0.15, -0.1) is 0 Å². The van der Waals surface area contributed by atoms with Crippen molar-refractivity contribution in [1.82, 2.24) is 4.57 Å². The average molecular weight is 336 g/mol. The molecule has 0 unspecified atom stereocenters. The molecule has 0 radical (unpaired) electrons. The highest BCUT2D eigenvalue weighted by atomic mass is 19.1. The van der Waals surface area contributed by atoms with Crippen molar-refractivity contribution in [2.24, 2.45) is 0 Å². The zero-order valence-electron chi connectivity index (χ0n) is 13.7. The molecule has 0 bridgehead atoms. The number of aryl methyl sites for hydroxylation is 1. The molecule has 2 rings (SSSR count). The van der Waals surface area contributed by atoms with E-state index in [1.807, 2.05) is 18.4 Å². The number of nitrogens with one attached hydrogen (secondary N) is 1.